The molecule has 19 heavy (non-hydrogen) atoms. The van der Waals surface area contributed by atoms with Gasteiger partial charge in [-0.2, -0.15) is 0 Å². The van der Waals surface area contributed by atoms with Crippen molar-refractivity contribution in [3.05, 3.63) is 42.5 Å². The maximum Gasteiger partial charge on any atom is 0.112 e. The van der Waals surface area contributed by atoms with Crippen molar-refractivity contribution in [2.45, 2.75) is 0 Å². The quantitative estimate of drug-likeness (QED) is 0.366. The zero-order valence-corrected chi connectivity index (χ0v) is 11.4. The third-order valence-electron chi connectivity index (χ3n) is 2.40. The van der Waals surface area contributed by atoms with Gasteiger partial charge in [0.25, 0.3) is 0 Å². The first-order valence-electron chi connectivity index (χ1n) is 4.75. The average molecular weight is 283 g/mol. The van der Waals surface area contributed by atoms with Crippen LogP contribution in [0.2, 0.25) is 0 Å². The maximum atomic E-state index is 5.84. The summed E-state index contributed by atoms with van der Waals surface area (Å²) in [5, 5.41) is 0. The van der Waals surface area contributed by atoms with Crippen molar-refractivity contribution in [1.82, 2.24) is 28.4 Å². The monoisotopic (exact) mass is 282 g/mol. The number of para-hydroxylation sites is 3. The molecule has 7 heteroatoms. The van der Waals surface area contributed by atoms with Crippen LogP contribution in [0.25, 0.3) is 22.1 Å². The average Bonchev–Trinajstić information content (AvgIpc) is 2.27. The van der Waals surface area contributed by atoms with Crippen molar-refractivity contribution in [1.29, 1.82) is 0 Å². The number of hydrogen-bond acceptors (Lipinski definition) is 6. The first-order chi connectivity index (χ1) is 7.34. The first-order valence-corrected chi connectivity index (χ1v) is 4.75. The number of benzene rings is 2. The van der Waals surface area contributed by atoms with Gasteiger partial charge in [0, 0.05) is 0 Å². The lowest BCUT2D eigenvalue weighted by molar-refractivity contribution is 1.40. The normalized spacial score (nSPS) is 8.63. The minimum absolute atomic E-state index is 0. The zero-order chi connectivity index (χ0) is 10.3. The molecule has 0 aliphatic carbocycles. The second-order valence-corrected chi connectivity index (χ2v) is 3.43. The molecule has 2 aromatic carbocycles. The fourth-order valence-electron chi connectivity index (χ4n) is 1.66. The Morgan fingerprint density at radius 3 is 1.84 bits per heavy atom. The number of fused-ring (bicyclic) bond motifs is 2. The molecule has 0 radical (unpaired) electrons. The fraction of sp³-hybridized carbons (Fsp3) is 0. The molecule has 0 atom stereocenters. The maximum absolute atomic E-state index is 5.84. The van der Waals surface area contributed by atoms with E-state index in [4.69, 9.17) is 5.73 Å². The van der Waals surface area contributed by atoms with E-state index in [2.05, 4.69) is 9.97 Å². The van der Waals surface area contributed by atoms with Crippen LogP contribution in [0.15, 0.2) is 42.5 Å². The van der Waals surface area contributed by atoms with Gasteiger partial charge in [0.15, 0.2) is 0 Å². The molecule has 0 fully saturated rings. The van der Waals surface area contributed by atoms with Gasteiger partial charge in [0.05, 0.1) is 22.2 Å². The van der Waals surface area contributed by atoms with Crippen LogP contribution >= 0.6 is 12.4 Å². The summed E-state index contributed by atoms with van der Waals surface area (Å²) in [6.45, 7) is 0. The second kappa shape index (κ2) is 7.45. The van der Waals surface area contributed by atoms with E-state index < -0.39 is 0 Å². The third kappa shape index (κ3) is 3.27. The summed E-state index contributed by atoms with van der Waals surface area (Å²) in [4.78, 5) is 8.99. The Morgan fingerprint density at radius 1 is 0.684 bits per heavy atom. The van der Waals surface area contributed by atoms with E-state index in [1.54, 1.807) is 0 Å². The molecule has 0 aliphatic heterocycles. The molecule has 0 saturated carbocycles. The lowest BCUT2D eigenvalue weighted by Gasteiger charge is -2.02. The number of nitrogen functional groups attached to an aromatic ring is 1. The molecule has 0 bridgehead atoms. The summed E-state index contributed by atoms with van der Waals surface area (Å²) in [5.74, 6) is 0. The third-order valence-corrected chi connectivity index (χ3v) is 2.40. The van der Waals surface area contributed by atoms with Gasteiger partial charge in [0.1, 0.15) is 5.52 Å². The van der Waals surface area contributed by atoms with Crippen molar-refractivity contribution in [3.8, 4) is 0 Å². The molecule has 11 N–H and O–H groups in total. The molecule has 3 rings (SSSR count). The van der Waals surface area contributed by atoms with Crippen LogP contribution in [0.4, 0.5) is 5.69 Å². The molecule has 0 spiro atoms. The van der Waals surface area contributed by atoms with E-state index in [0.717, 1.165) is 22.1 Å². The Hall–Kier alpha value is -1.99. The Morgan fingerprint density at radius 2 is 1.21 bits per heavy atom. The van der Waals surface area contributed by atoms with Crippen LogP contribution in [0.1, 0.15) is 0 Å². The number of hydrogen-bond donors (Lipinski definition) is 4. The lowest BCUT2D eigenvalue weighted by atomic mass is 10.2. The minimum Gasteiger partial charge on any atom is -0.397 e. The summed E-state index contributed by atoms with van der Waals surface area (Å²) >= 11 is 0. The highest BCUT2D eigenvalue weighted by atomic mass is 35.5. The number of anilines is 1. The summed E-state index contributed by atoms with van der Waals surface area (Å²) in [6.07, 6.45) is 0. The molecule has 3 aromatic rings. The predicted molar refractivity (Wildman–Crippen MR) is 83.8 cm³/mol. The molecule has 1 aromatic heterocycles. The van der Waals surface area contributed by atoms with Gasteiger partial charge >= 0.3 is 0 Å². The van der Waals surface area contributed by atoms with E-state index in [1.165, 1.54) is 0 Å². The summed E-state index contributed by atoms with van der Waals surface area (Å²) < 4.78 is 0. The smallest absolute Gasteiger partial charge is 0.112 e. The molecule has 104 valence electrons. The van der Waals surface area contributed by atoms with Gasteiger partial charge < -0.3 is 24.2 Å². The summed E-state index contributed by atoms with van der Waals surface area (Å²) in [5.41, 5.74) is 9.91. The van der Waals surface area contributed by atoms with Crippen molar-refractivity contribution in [2.75, 3.05) is 5.73 Å². The van der Waals surface area contributed by atoms with Crippen LogP contribution in [-0.4, -0.2) is 9.97 Å². The fourth-order valence-corrected chi connectivity index (χ4v) is 1.66. The van der Waals surface area contributed by atoms with Crippen LogP contribution in [0, 0.1) is 0 Å². The van der Waals surface area contributed by atoms with E-state index in [1.807, 2.05) is 42.5 Å². The zero-order valence-electron chi connectivity index (χ0n) is 10.5. The highest BCUT2D eigenvalue weighted by Crippen LogP contribution is 2.20. The van der Waals surface area contributed by atoms with E-state index in [9.17, 15) is 0 Å². The Balaban J connectivity index is 0. The molecule has 0 aliphatic rings. The first kappa shape index (κ1) is 19.4. The molecular weight excluding hydrogens is 264 g/mol. The van der Waals surface area contributed by atoms with Crippen LogP contribution in [-0.2, 0) is 0 Å². The number of rotatable bonds is 0. The van der Waals surface area contributed by atoms with E-state index in [-0.39, 0.29) is 30.9 Å². The van der Waals surface area contributed by atoms with Crippen molar-refractivity contribution in [2.24, 2.45) is 0 Å². The standard InChI is InChI=1S/C12H9N3.ClH.3H3N/c13-8-4-3-7-11-12(8)15-10-6-2-1-5-9(10)14-11;;;;/h1-7H,13H2;1H;3*1H3. The van der Waals surface area contributed by atoms with Gasteiger partial charge in [-0.3, -0.25) is 0 Å². The lowest BCUT2D eigenvalue weighted by Crippen LogP contribution is -1.92. The van der Waals surface area contributed by atoms with Crippen LogP contribution in [0.3, 0.4) is 0 Å². The van der Waals surface area contributed by atoms with Crippen LogP contribution in [0.5, 0.6) is 0 Å². The second-order valence-electron chi connectivity index (χ2n) is 3.43. The number of aromatic nitrogens is 2. The van der Waals surface area contributed by atoms with Crippen molar-refractivity contribution in [3.63, 3.8) is 0 Å². The Bertz CT molecular complexity index is 658. The summed E-state index contributed by atoms with van der Waals surface area (Å²) in [7, 11) is 0. The highest BCUT2D eigenvalue weighted by molar-refractivity contribution is 5.92. The topological polar surface area (TPSA) is 157 Å². The predicted octanol–water partition coefficient (Wildman–Crippen LogP) is 3.27. The molecule has 0 unspecified atom stereocenters. The number of halogens is 1. The molecular formula is C12H19ClN6. The van der Waals surface area contributed by atoms with Gasteiger partial charge in [0.2, 0.25) is 0 Å². The van der Waals surface area contributed by atoms with E-state index in [0.29, 0.717) is 5.69 Å². The van der Waals surface area contributed by atoms with Gasteiger partial charge in [-0.05, 0) is 24.3 Å². The van der Waals surface area contributed by atoms with Gasteiger partial charge in [-0.25, -0.2) is 9.97 Å². The van der Waals surface area contributed by atoms with Crippen molar-refractivity contribution >= 4 is 40.2 Å². The van der Waals surface area contributed by atoms with Gasteiger partial charge in [-0.1, -0.05) is 18.2 Å². The van der Waals surface area contributed by atoms with Crippen molar-refractivity contribution < 1.29 is 0 Å². The number of nitrogens with two attached hydrogens (primary N) is 1. The summed E-state index contributed by atoms with van der Waals surface area (Å²) in [6, 6.07) is 13.4. The largest absolute Gasteiger partial charge is 0.397 e. The SMILES string of the molecule is Cl.N.N.N.Nc1cccc2nc3ccccc3nc12. The van der Waals surface area contributed by atoms with Gasteiger partial charge in [-0.15, -0.1) is 12.4 Å². The molecule has 0 amide bonds. The molecule has 0 saturated heterocycles. The minimum atomic E-state index is 0. The Kier molecular flexibility index (Phi) is 7.58. The highest BCUT2D eigenvalue weighted by Gasteiger charge is 2.02. The number of nitrogens with zero attached hydrogens (tertiary/aromatic N) is 2. The molecule has 1 heterocycles. The van der Waals surface area contributed by atoms with E-state index >= 15 is 0 Å². The molecule has 6 nitrogen and oxygen atoms in total. The Labute approximate surface area is 117 Å². The van der Waals surface area contributed by atoms with Crippen LogP contribution < -0.4 is 24.2 Å².